The lowest BCUT2D eigenvalue weighted by molar-refractivity contribution is 0.171. The van der Waals surface area contributed by atoms with Gasteiger partial charge in [0.25, 0.3) is 0 Å². The Morgan fingerprint density at radius 2 is 1.35 bits per heavy atom. The van der Waals surface area contributed by atoms with E-state index in [1.165, 1.54) is 10.5 Å². The summed E-state index contributed by atoms with van der Waals surface area (Å²) in [6.45, 7) is 13.1. The van der Waals surface area contributed by atoms with Crippen LogP contribution in [0, 0.1) is 0 Å². The highest BCUT2D eigenvalue weighted by Gasteiger charge is 2.29. The van der Waals surface area contributed by atoms with Crippen LogP contribution in [0.1, 0.15) is 69.4 Å². The molecule has 0 fully saturated rings. The zero-order valence-corrected chi connectivity index (χ0v) is 21.8. The monoisotopic (exact) mass is 455 g/mol. The summed E-state index contributed by atoms with van der Waals surface area (Å²) in [4.78, 5) is 14.3. The molecule has 178 valence electrons. The Morgan fingerprint density at radius 1 is 0.794 bits per heavy atom. The van der Waals surface area contributed by atoms with E-state index in [0.717, 1.165) is 27.8 Å². The number of nitrogens with zero attached hydrogens (tertiary/aromatic N) is 1. The van der Waals surface area contributed by atoms with Gasteiger partial charge in [-0.25, -0.2) is 4.79 Å². The smallest absolute Gasteiger partial charge is 0.409 e. The van der Waals surface area contributed by atoms with Crippen molar-refractivity contribution in [1.82, 2.24) is 4.90 Å². The molecular weight excluding hydrogens is 418 g/mol. The fraction of sp³-hybridized carbons (Fsp3) is 0.323. The summed E-state index contributed by atoms with van der Waals surface area (Å²) in [6, 6.07) is 25.0. The van der Waals surface area contributed by atoms with Crippen molar-refractivity contribution in [2.45, 2.75) is 52.4 Å². The van der Waals surface area contributed by atoms with E-state index in [-0.39, 0.29) is 16.9 Å². The molecule has 3 nitrogen and oxygen atoms in total. The average Bonchev–Trinajstić information content (AvgIpc) is 2.77. The van der Waals surface area contributed by atoms with Crippen molar-refractivity contribution in [3.05, 3.63) is 101 Å². The van der Waals surface area contributed by atoms with Crippen LogP contribution in [0.3, 0.4) is 0 Å². The van der Waals surface area contributed by atoms with Crippen molar-refractivity contribution in [2.24, 2.45) is 0 Å². The van der Waals surface area contributed by atoms with Gasteiger partial charge in [0, 0.05) is 25.2 Å². The van der Waals surface area contributed by atoms with Crippen molar-refractivity contribution in [3.63, 3.8) is 0 Å². The summed E-state index contributed by atoms with van der Waals surface area (Å²) in [5, 5.41) is 0. The number of hydrogen-bond acceptors (Lipinski definition) is 2. The van der Waals surface area contributed by atoms with Crippen molar-refractivity contribution >= 4 is 17.7 Å². The van der Waals surface area contributed by atoms with Crippen molar-refractivity contribution < 1.29 is 9.53 Å². The Hall–Kier alpha value is -3.33. The van der Waals surface area contributed by atoms with E-state index in [4.69, 9.17) is 4.74 Å². The van der Waals surface area contributed by atoms with Crippen LogP contribution in [0.5, 0.6) is 5.75 Å². The summed E-state index contributed by atoms with van der Waals surface area (Å²) in [5.74, 6) is 0.616. The predicted molar refractivity (Wildman–Crippen MR) is 143 cm³/mol. The second-order valence-corrected chi connectivity index (χ2v) is 11.0. The van der Waals surface area contributed by atoms with Crippen LogP contribution < -0.4 is 4.74 Å². The third kappa shape index (κ3) is 5.96. The second kappa shape index (κ2) is 9.89. The molecule has 1 amide bonds. The largest absolute Gasteiger partial charge is 0.414 e. The van der Waals surface area contributed by atoms with E-state index in [1.807, 2.05) is 36.4 Å². The van der Waals surface area contributed by atoms with Gasteiger partial charge in [-0.2, -0.15) is 0 Å². The molecule has 3 rings (SSSR count). The summed E-state index contributed by atoms with van der Waals surface area (Å²) in [7, 11) is 3.42. The van der Waals surface area contributed by atoms with Crippen LogP contribution in [-0.4, -0.2) is 25.1 Å². The normalized spacial score (nSPS) is 12.4. The van der Waals surface area contributed by atoms with Crippen LogP contribution in [0.15, 0.2) is 72.8 Å². The standard InChI is InChI=1S/C31H37NO2/c1-30(2,3)24-20-26(28(34-29(33)32(7)8)27(21-24)31(4,5)6)25(23-17-13-10-14-18-23)19-22-15-11-9-12-16-22/h9-21H,1-8H3/b25-19+. The highest BCUT2D eigenvalue weighted by atomic mass is 16.6. The lowest BCUT2D eigenvalue weighted by Crippen LogP contribution is -2.28. The fourth-order valence-corrected chi connectivity index (χ4v) is 3.76. The van der Waals surface area contributed by atoms with E-state index >= 15 is 0 Å². The minimum Gasteiger partial charge on any atom is -0.409 e. The zero-order valence-electron chi connectivity index (χ0n) is 21.8. The maximum absolute atomic E-state index is 12.8. The molecule has 0 radical (unpaired) electrons. The molecule has 3 heteroatoms. The number of carbonyl (C=O) groups is 1. The molecule has 0 bridgehead atoms. The first-order valence-corrected chi connectivity index (χ1v) is 11.8. The molecule has 0 aromatic heterocycles. The molecule has 0 N–H and O–H groups in total. The predicted octanol–water partition coefficient (Wildman–Crippen LogP) is 7.93. The van der Waals surface area contributed by atoms with E-state index in [0.29, 0.717) is 5.75 Å². The first-order chi connectivity index (χ1) is 15.9. The molecule has 34 heavy (non-hydrogen) atoms. The van der Waals surface area contributed by atoms with Crippen LogP contribution in [0.4, 0.5) is 4.79 Å². The minimum absolute atomic E-state index is 0.0760. The van der Waals surface area contributed by atoms with Crippen LogP contribution >= 0.6 is 0 Å². The van der Waals surface area contributed by atoms with Crippen molar-refractivity contribution in [3.8, 4) is 5.75 Å². The van der Waals surface area contributed by atoms with E-state index in [1.54, 1.807) is 14.1 Å². The number of ether oxygens (including phenoxy) is 1. The van der Waals surface area contributed by atoms with Crippen molar-refractivity contribution in [1.29, 1.82) is 0 Å². The molecule has 0 aliphatic rings. The molecule has 0 heterocycles. The topological polar surface area (TPSA) is 29.5 Å². The summed E-state index contributed by atoms with van der Waals surface area (Å²) in [5.41, 5.74) is 6.00. The van der Waals surface area contributed by atoms with Crippen LogP contribution in [0.2, 0.25) is 0 Å². The van der Waals surface area contributed by atoms with E-state index < -0.39 is 0 Å². The first-order valence-electron chi connectivity index (χ1n) is 11.8. The lowest BCUT2D eigenvalue weighted by atomic mass is 9.77. The van der Waals surface area contributed by atoms with E-state index in [2.05, 4.69) is 84.0 Å². The van der Waals surface area contributed by atoms with Gasteiger partial charge in [0.15, 0.2) is 0 Å². The number of amides is 1. The molecule has 3 aromatic carbocycles. The highest BCUT2D eigenvalue weighted by Crippen LogP contribution is 2.43. The van der Waals surface area contributed by atoms with Gasteiger partial charge in [0.1, 0.15) is 5.75 Å². The van der Waals surface area contributed by atoms with E-state index in [9.17, 15) is 4.79 Å². The minimum atomic E-state index is -0.387. The molecule has 0 saturated heterocycles. The Balaban J connectivity index is 2.43. The molecule has 0 aliphatic heterocycles. The van der Waals surface area contributed by atoms with Gasteiger partial charge < -0.3 is 9.64 Å². The lowest BCUT2D eigenvalue weighted by Gasteiger charge is -2.30. The fourth-order valence-electron chi connectivity index (χ4n) is 3.76. The van der Waals surface area contributed by atoms with Crippen LogP contribution in [-0.2, 0) is 10.8 Å². The molecule has 0 unspecified atom stereocenters. The summed E-state index contributed by atoms with van der Waals surface area (Å²) < 4.78 is 6.12. The van der Waals surface area contributed by atoms with Gasteiger partial charge in [-0.05, 0) is 45.2 Å². The maximum atomic E-state index is 12.8. The average molecular weight is 456 g/mol. The number of rotatable bonds is 4. The Morgan fingerprint density at radius 3 is 1.85 bits per heavy atom. The van der Waals surface area contributed by atoms with Gasteiger partial charge in [-0.15, -0.1) is 0 Å². The second-order valence-electron chi connectivity index (χ2n) is 11.0. The number of hydrogen-bond donors (Lipinski definition) is 0. The summed E-state index contributed by atoms with van der Waals surface area (Å²) >= 11 is 0. The number of carbonyl (C=O) groups excluding carboxylic acids is 1. The Bertz CT molecular complexity index is 1160. The van der Waals surface area contributed by atoms with Gasteiger partial charge in [0.2, 0.25) is 0 Å². The molecule has 0 aliphatic carbocycles. The van der Waals surface area contributed by atoms with Gasteiger partial charge in [0.05, 0.1) is 0 Å². The van der Waals surface area contributed by atoms with Crippen LogP contribution in [0.25, 0.3) is 11.6 Å². The highest BCUT2D eigenvalue weighted by molar-refractivity contribution is 5.94. The summed E-state index contributed by atoms with van der Waals surface area (Å²) in [6.07, 6.45) is 1.79. The Kier molecular flexibility index (Phi) is 7.35. The van der Waals surface area contributed by atoms with Gasteiger partial charge in [-0.3, -0.25) is 0 Å². The molecule has 0 spiro atoms. The molecule has 0 atom stereocenters. The van der Waals surface area contributed by atoms with Gasteiger partial charge in [-0.1, -0.05) is 108 Å². The molecular formula is C31H37NO2. The SMILES string of the molecule is CN(C)C(=O)Oc1c(/C(=C/c2ccccc2)c2ccccc2)cc(C(C)(C)C)cc1C(C)(C)C. The third-order valence-corrected chi connectivity index (χ3v) is 5.80. The number of benzene rings is 3. The first kappa shape index (κ1) is 25.3. The Labute approximate surface area is 205 Å². The zero-order chi connectivity index (χ0) is 25.1. The quantitative estimate of drug-likeness (QED) is 0.374. The third-order valence-electron chi connectivity index (χ3n) is 5.80. The molecule has 3 aromatic rings. The molecule has 0 saturated carbocycles. The van der Waals surface area contributed by atoms with Gasteiger partial charge >= 0.3 is 6.09 Å². The maximum Gasteiger partial charge on any atom is 0.414 e. The van der Waals surface area contributed by atoms with Crippen molar-refractivity contribution in [2.75, 3.05) is 14.1 Å².